The van der Waals surface area contributed by atoms with Crippen molar-refractivity contribution in [2.45, 2.75) is 83.1 Å². The third-order valence-electron chi connectivity index (χ3n) is 5.00. The third-order valence-corrected chi connectivity index (χ3v) is 5.00. The number of nitrogens with zero attached hydrogens (tertiary/aromatic N) is 1. The highest BCUT2D eigenvalue weighted by molar-refractivity contribution is 5.94. The van der Waals surface area contributed by atoms with E-state index in [2.05, 4.69) is 20.9 Å². The van der Waals surface area contributed by atoms with E-state index in [1.54, 1.807) is 13.8 Å². The lowest BCUT2D eigenvalue weighted by molar-refractivity contribution is -0.142. The van der Waals surface area contributed by atoms with Crippen molar-refractivity contribution in [1.82, 2.24) is 16.0 Å². The molecule has 5 atom stereocenters. The second-order valence-electron chi connectivity index (χ2n) is 8.88. The summed E-state index contributed by atoms with van der Waals surface area (Å²) in [4.78, 5) is 64.3. The molecule has 0 aromatic carbocycles. The first-order valence-corrected chi connectivity index (χ1v) is 11.6. The van der Waals surface area contributed by atoms with E-state index >= 15 is 0 Å². The summed E-state index contributed by atoms with van der Waals surface area (Å²) >= 11 is 0. The molecule has 15 nitrogen and oxygen atoms in total. The average molecular weight is 517 g/mol. The monoisotopic (exact) mass is 516 g/mol. The van der Waals surface area contributed by atoms with Gasteiger partial charge in [-0.05, 0) is 38.5 Å². The zero-order valence-electron chi connectivity index (χ0n) is 20.9. The second kappa shape index (κ2) is 16.3. The lowest BCUT2D eigenvalue weighted by Gasteiger charge is -2.27. The zero-order chi connectivity index (χ0) is 28.0. The number of carbonyl (C=O) groups excluding carboxylic acids is 4. The molecule has 0 aromatic heterocycles. The average Bonchev–Trinajstić information content (AvgIpc) is 2.75. The van der Waals surface area contributed by atoms with Crippen molar-refractivity contribution in [3.05, 3.63) is 0 Å². The van der Waals surface area contributed by atoms with E-state index in [9.17, 15) is 34.2 Å². The number of aliphatic hydroxyl groups is 1. The number of carboxylic acid groups (broad SMARTS) is 1. The highest BCUT2D eigenvalue weighted by atomic mass is 16.4. The maximum atomic E-state index is 12.9. The van der Waals surface area contributed by atoms with E-state index in [1.807, 2.05) is 0 Å². The van der Waals surface area contributed by atoms with Crippen LogP contribution in [0.2, 0.25) is 0 Å². The number of nitrogens with two attached hydrogens (primary N) is 4. The number of carboxylic acids is 1. The van der Waals surface area contributed by atoms with Gasteiger partial charge in [-0.2, -0.15) is 0 Å². The number of primary amides is 1. The highest BCUT2D eigenvalue weighted by Crippen LogP contribution is 2.08. The molecule has 0 bridgehead atoms. The summed E-state index contributed by atoms with van der Waals surface area (Å²) in [6.45, 7) is 5.09. The maximum Gasteiger partial charge on any atom is 0.326 e. The Bertz CT molecular complexity index is 799. The number of aliphatic hydroxyl groups excluding tert-OH is 1. The molecule has 0 heterocycles. The number of hydrogen-bond acceptors (Lipinski definition) is 8. The highest BCUT2D eigenvalue weighted by Gasteiger charge is 2.32. The topological polar surface area (TPSA) is 278 Å². The summed E-state index contributed by atoms with van der Waals surface area (Å²) in [7, 11) is 0. The van der Waals surface area contributed by atoms with Gasteiger partial charge in [0, 0.05) is 13.0 Å². The smallest absolute Gasteiger partial charge is 0.326 e. The largest absolute Gasteiger partial charge is 0.480 e. The van der Waals surface area contributed by atoms with Crippen molar-refractivity contribution in [3.8, 4) is 0 Å². The van der Waals surface area contributed by atoms with Crippen molar-refractivity contribution < 1.29 is 34.2 Å². The number of aliphatic carboxylic acids is 1. The summed E-state index contributed by atoms with van der Waals surface area (Å²) < 4.78 is 0. The quantitative estimate of drug-likeness (QED) is 0.0524. The first-order chi connectivity index (χ1) is 16.6. The molecule has 36 heavy (non-hydrogen) atoms. The first-order valence-electron chi connectivity index (χ1n) is 11.6. The van der Waals surface area contributed by atoms with Gasteiger partial charge in [0.15, 0.2) is 5.96 Å². The molecule has 0 saturated heterocycles. The molecule has 13 N–H and O–H groups in total. The summed E-state index contributed by atoms with van der Waals surface area (Å²) in [5.41, 5.74) is 21.3. The number of carbonyl (C=O) groups is 5. The summed E-state index contributed by atoms with van der Waals surface area (Å²) in [5, 5.41) is 26.5. The molecule has 0 fully saturated rings. The van der Waals surface area contributed by atoms with Gasteiger partial charge in [0.25, 0.3) is 0 Å². The van der Waals surface area contributed by atoms with Crippen molar-refractivity contribution >= 4 is 35.6 Å². The molecule has 0 aliphatic carbocycles. The second-order valence-corrected chi connectivity index (χ2v) is 8.88. The lowest BCUT2D eigenvalue weighted by atomic mass is 10.0. The van der Waals surface area contributed by atoms with E-state index in [0.29, 0.717) is 6.42 Å². The molecule has 5 unspecified atom stereocenters. The normalized spacial score (nSPS) is 15.1. The van der Waals surface area contributed by atoms with E-state index in [0.717, 1.165) is 0 Å². The van der Waals surface area contributed by atoms with Crippen molar-refractivity contribution in [2.75, 3.05) is 6.54 Å². The number of hydrogen-bond donors (Lipinski definition) is 9. The van der Waals surface area contributed by atoms with E-state index < -0.39 is 59.9 Å². The minimum Gasteiger partial charge on any atom is -0.480 e. The molecule has 15 heteroatoms. The van der Waals surface area contributed by atoms with Gasteiger partial charge in [-0.3, -0.25) is 24.2 Å². The molecular weight excluding hydrogens is 476 g/mol. The summed E-state index contributed by atoms with van der Waals surface area (Å²) in [6, 6.07) is -5.03. The van der Waals surface area contributed by atoms with Gasteiger partial charge < -0.3 is 49.1 Å². The minimum absolute atomic E-state index is 0.0897. The zero-order valence-corrected chi connectivity index (χ0v) is 20.9. The van der Waals surface area contributed by atoms with Crippen LogP contribution < -0.4 is 38.9 Å². The van der Waals surface area contributed by atoms with Crippen LogP contribution in [0.25, 0.3) is 0 Å². The third kappa shape index (κ3) is 13.4. The molecule has 0 rings (SSSR count). The number of nitrogens with one attached hydrogen (secondary N) is 3. The molecule has 0 radical (unpaired) electrons. The van der Waals surface area contributed by atoms with Gasteiger partial charge >= 0.3 is 5.97 Å². The van der Waals surface area contributed by atoms with Gasteiger partial charge in [-0.15, -0.1) is 0 Å². The van der Waals surface area contributed by atoms with Gasteiger partial charge in [-0.25, -0.2) is 4.79 Å². The Kier molecular flexibility index (Phi) is 14.7. The summed E-state index contributed by atoms with van der Waals surface area (Å²) in [6.07, 6.45) is -1.10. The van der Waals surface area contributed by atoms with Gasteiger partial charge in [0.1, 0.15) is 18.1 Å². The Morgan fingerprint density at radius 1 is 0.861 bits per heavy atom. The first kappa shape index (κ1) is 32.5. The number of guanidine groups is 1. The Morgan fingerprint density at radius 2 is 1.44 bits per heavy atom. The van der Waals surface area contributed by atoms with Crippen molar-refractivity contribution in [2.24, 2.45) is 33.8 Å². The van der Waals surface area contributed by atoms with E-state index in [1.165, 1.54) is 6.92 Å². The molecule has 0 spiro atoms. The van der Waals surface area contributed by atoms with Crippen molar-refractivity contribution in [1.29, 1.82) is 0 Å². The molecule has 0 aliphatic rings. The predicted octanol–water partition coefficient (Wildman–Crippen LogP) is -3.40. The molecule has 0 saturated carbocycles. The van der Waals surface area contributed by atoms with Crippen LogP contribution in [-0.4, -0.2) is 82.6 Å². The standard InChI is InChI=1S/C21H40N8O7/c1-10(2)9-14(18(33)27-13(20(35)36)6-7-15(23)31)28-19(34)16(11(3)30)29-17(32)12(22)5-4-8-26-21(24)25/h10-14,16,30H,4-9,22H2,1-3H3,(H2,23,31)(H,27,33)(H,28,34)(H,29,32)(H,35,36)(H4,24,25,26). The molecule has 206 valence electrons. The maximum absolute atomic E-state index is 12.9. The van der Waals surface area contributed by atoms with E-state index in [-0.39, 0.29) is 44.1 Å². The minimum atomic E-state index is -1.44. The lowest BCUT2D eigenvalue weighted by Crippen LogP contribution is -2.60. The Hall–Kier alpha value is -3.46. The predicted molar refractivity (Wildman–Crippen MR) is 131 cm³/mol. The molecular formula is C21H40N8O7. The van der Waals surface area contributed by atoms with Crippen LogP contribution in [0.15, 0.2) is 4.99 Å². The molecule has 0 aliphatic heterocycles. The van der Waals surface area contributed by atoms with Gasteiger partial charge in [0.05, 0.1) is 12.1 Å². The molecule has 0 aromatic rings. The van der Waals surface area contributed by atoms with Gasteiger partial charge in [-0.1, -0.05) is 13.8 Å². The van der Waals surface area contributed by atoms with Crippen LogP contribution in [0.1, 0.15) is 52.9 Å². The molecule has 4 amide bonds. The fraction of sp³-hybridized carbons (Fsp3) is 0.714. The Balaban J connectivity index is 5.33. The van der Waals surface area contributed by atoms with Crippen LogP contribution >= 0.6 is 0 Å². The number of aliphatic imine (C=N–C) groups is 1. The van der Waals surface area contributed by atoms with Crippen LogP contribution in [0, 0.1) is 5.92 Å². The fourth-order valence-corrected chi connectivity index (χ4v) is 3.10. The Labute approximate surface area is 209 Å². The van der Waals surface area contributed by atoms with Crippen LogP contribution in [0.3, 0.4) is 0 Å². The van der Waals surface area contributed by atoms with Crippen LogP contribution in [0.5, 0.6) is 0 Å². The SMILES string of the molecule is CC(C)CC(NC(=O)C(NC(=O)C(N)CCCN=C(N)N)C(C)O)C(=O)NC(CCC(N)=O)C(=O)O. The number of rotatable bonds is 17. The number of amides is 4. The summed E-state index contributed by atoms with van der Waals surface area (Å²) in [5.74, 6) is -4.66. The van der Waals surface area contributed by atoms with Crippen LogP contribution in [-0.2, 0) is 24.0 Å². The Morgan fingerprint density at radius 3 is 1.92 bits per heavy atom. The van der Waals surface area contributed by atoms with Gasteiger partial charge in [0.2, 0.25) is 23.6 Å². The van der Waals surface area contributed by atoms with Crippen molar-refractivity contribution in [3.63, 3.8) is 0 Å². The van der Waals surface area contributed by atoms with E-state index in [4.69, 9.17) is 22.9 Å². The fourth-order valence-electron chi connectivity index (χ4n) is 3.10. The van der Waals surface area contributed by atoms with Crippen LogP contribution in [0.4, 0.5) is 0 Å².